The van der Waals surface area contributed by atoms with Crippen LogP contribution in [-0.2, 0) is 0 Å². The molecule has 21 heavy (non-hydrogen) atoms. The first kappa shape index (κ1) is 14.5. The molecule has 3 heteroatoms. The van der Waals surface area contributed by atoms with Gasteiger partial charge in [0, 0.05) is 10.5 Å². The number of methoxy groups -OCH3 is 1. The Morgan fingerprint density at radius 2 is 1.90 bits per heavy atom. The molecule has 1 aliphatic carbocycles. The van der Waals surface area contributed by atoms with Gasteiger partial charge in [0.05, 0.1) is 12.8 Å². The van der Waals surface area contributed by atoms with Crippen molar-refractivity contribution in [1.29, 1.82) is 0 Å². The standard InChI is InChI=1S/C18H20BrNO/c1-12-7-8-17(18(9-12)21-2)20-14-10-13(11-14)15-5-3-4-6-16(15)19/h3-9,13-14,20H,10-11H2,1-2H3. The van der Waals surface area contributed by atoms with Crippen molar-refractivity contribution in [2.24, 2.45) is 0 Å². The van der Waals surface area contributed by atoms with Gasteiger partial charge in [-0.05, 0) is 55.0 Å². The van der Waals surface area contributed by atoms with Gasteiger partial charge in [-0.2, -0.15) is 0 Å². The maximum absolute atomic E-state index is 5.46. The van der Waals surface area contributed by atoms with Crippen LogP contribution < -0.4 is 10.1 Å². The molecular weight excluding hydrogens is 326 g/mol. The number of ether oxygens (including phenoxy) is 1. The molecule has 0 amide bonds. The number of nitrogens with one attached hydrogen (secondary N) is 1. The smallest absolute Gasteiger partial charge is 0.142 e. The van der Waals surface area contributed by atoms with Crippen LogP contribution in [0.1, 0.15) is 29.9 Å². The largest absolute Gasteiger partial charge is 0.495 e. The first-order valence-electron chi connectivity index (χ1n) is 7.33. The highest BCUT2D eigenvalue weighted by Crippen LogP contribution is 2.42. The zero-order valence-electron chi connectivity index (χ0n) is 12.4. The second kappa shape index (κ2) is 6.10. The van der Waals surface area contributed by atoms with E-state index in [2.05, 4.69) is 70.6 Å². The molecule has 1 N–H and O–H groups in total. The Labute approximate surface area is 134 Å². The van der Waals surface area contributed by atoms with Crippen molar-refractivity contribution in [2.75, 3.05) is 12.4 Å². The van der Waals surface area contributed by atoms with Crippen molar-refractivity contribution in [3.63, 3.8) is 0 Å². The van der Waals surface area contributed by atoms with Crippen LogP contribution in [0.4, 0.5) is 5.69 Å². The average molecular weight is 346 g/mol. The second-order valence-corrected chi connectivity index (χ2v) is 6.59. The van der Waals surface area contributed by atoms with Gasteiger partial charge in [-0.1, -0.05) is 40.2 Å². The van der Waals surface area contributed by atoms with Crippen LogP contribution in [0, 0.1) is 6.92 Å². The first-order valence-corrected chi connectivity index (χ1v) is 8.12. The molecule has 0 aromatic heterocycles. The van der Waals surface area contributed by atoms with Gasteiger partial charge in [-0.15, -0.1) is 0 Å². The van der Waals surface area contributed by atoms with E-state index in [0.29, 0.717) is 12.0 Å². The summed E-state index contributed by atoms with van der Waals surface area (Å²) < 4.78 is 6.68. The van der Waals surface area contributed by atoms with Gasteiger partial charge in [0.25, 0.3) is 0 Å². The van der Waals surface area contributed by atoms with E-state index in [9.17, 15) is 0 Å². The molecule has 1 fully saturated rings. The lowest BCUT2D eigenvalue weighted by Crippen LogP contribution is -2.34. The summed E-state index contributed by atoms with van der Waals surface area (Å²) >= 11 is 3.65. The predicted molar refractivity (Wildman–Crippen MR) is 91.3 cm³/mol. The summed E-state index contributed by atoms with van der Waals surface area (Å²) in [5, 5.41) is 3.60. The highest BCUT2D eigenvalue weighted by molar-refractivity contribution is 9.10. The molecule has 110 valence electrons. The van der Waals surface area contributed by atoms with E-state index in [1.165, 1.54) is 28.4 Å². The lowest BCUT2D eigenvalue weighted by atomic mass is 9.76. The molecule has 1 saturated carbocycles. The number of benzene rings is 2. The van der Waals surface area contributed by atoms with Crippen LogP contribution in [0.2, 0.25) is 0 Å². The minimum Gasteiger partial charge on any atom is -0.495 e. The fourth-order valence-electron chi connectivity index (χ4n) is 2.93. The zero-order chi connectivity index (χ0) is 14.8. The molecule has 0 unspecified atom stereocenters. The van der Waals surface area contributed by atoms with Gasteiger partial charge in [0.2, 0.25) is 0 Å². The predicted octanol–water partition coefficient (Wildman–Crippen LogP) is 5.12. The number of rotatable bonds is 4. The van der Waals surface area contributed by atoms with Gasteiger partial charge in [0.1, 0.15) is 5.75 Å². The van der Waals surface area contributed by atoms with Gasteiger partial charge >= 0.3 is 0 Å². The molecule has 0 spiro atoms. The Kier molecular flexibility index (Phi) is 4.20. The number of hydrogen-bond donors (Lipinski definition) is 1. The number of aryl methyl sites for hydroxylation is 1. The van der Waals surface area contributed by atoms with Crippen LogP contribution >= 0.6 is 15.9 Å². The molecule has 0 heterocycles. The molecule has 0 bridgehead atoms. The quantitative estimate of drug-likeness (QED) is 0.829. The van der Waals surface area contributed by atoms with Crippen molar-refractivity contribution in [2.45, 2.75) is 31.7 Å². The average Bonchev–Trinajstić information content (AvgIpc) is 2.44. The fourth-order valence-corrected chi connectivity index (χ4v) is 3.54. The molecule has 0 radical (unpaired) electrons. The van der Waals surface area contributed by atoms with E-state index in [1.54, 1.807) is 7.11 Å². The molecule has 3 rings (SSSR count). The summed E-state index contributed by atoms with van der Waals surface area (Å²) in [5.41, 5.74) is 3.74. The Morgan fingerprint density at radius 3 is 2.62 bits per heavy atom. The molecule has 2 nitrogen and oxygen atoms in total. The molecule has 2 aromatic carbocycles. The van der Waals surface area contributed by atoms with Crippen LogP contribution in [-0.4, -0.2) is 13.2 Å². The van der Waals surface area contributed by atoms with Crippen molar-refractivity contribution < 1.29 is 4.74 Å². The van der Waals surface area contributed by atoms with Crippen molar-refractivity contribution in [3.8, 4) is 5.75 Å². The Morgan fingerprint density at radius 1 is 1.14 bits per heavy atom. The SMILES string of the molecule is COc1cc(C)ccc1NC1CC(c2ccccc2Br)C1. The third kappa shape index (κ3) is 3.08. The van der Waals surface area contributed by atoms with Gasteiger partial charge < -0.3 is 10.1 Å². The van der Waals surface area contributed by atoms with E-state index < -0.39 is 0 Å². The lowest BCUT2D eigenvalue weighted by Gasteiger charge is -2.37. The first-order chi connectivity index (χ1) is 10.2. The van der Waals surface area contributed by atoms with Crippen LogP contribution in [0.25, 0.3) is 0 Å². The minimum absolute atomic E-state index is 0.527. The van der Waals surface area contributed by atoms with Crippen molar-refractivity contribution in [1.82, 2.24) is 0 Å². The highest BCUT2D eigenvalue weighted by Gasteiger charge is 2.31. The van der Waals surface area contributed by atoms with Crippen LogP contribution in [0.3, 0.4) is 0 Å². The number of anilines is 1. The Balaban J connectivity index is 1.64. The summed E-state index contributed by atoms with van der Waals surface area (Å²) in [5.74, 6) is 1.58. The Bertz CT molecular complexity index is 635. The van der Waals surface area contributed by atoms with Crippen molar-refractivity contribution in [3.05, 3.63) is 58.1 Å². The fraction of sp³-hybridized carbons (Fsp3) is 0.333. The third-order valence-electron chi connectivity index (χ3n) is 4.20. The van der Waals surface area contributed by atoms with E-state index in [-0.39, 0.29) is 0 Å². The second-order valence-electron chi connectivity index (χ2n) is 5.73. The van der Waals surface area contributed by atoms with E-state index in [0.717, 1.165) is 11.4 Å². The number of halogens is 1. The van der Waals surface area contributed by atoms with E-state index in [4.69, 9.17) is 4.74 Å². The van der Waals surface area contributed by atoms with Gasteiger partial charge in [-0.25, -0.2) is 0 Å². The molecule has 0 aliphatic heterocycles. The third-order valence-corrected chi connectivity index (χ3v) is 4.92. The number of hydrogen-bond acceptors (Lipinski definition) is 2. The molecule has 0 atom stereocenters. The maximum Gasteiger partial charge on any atom is 0.142 e. The van der Waals surface area contributed by atoms with Crippen LogP contribution in [0.15, 0.2) is 46.9 Å². The van der Waals surface area contributed by atoms with Crippen LogP contribution in [0.5, 0.6) is 5.75 Å². The van der Waals surface area contributed by atoms with Gasteiger partial charge in [-0.3, -0.25) is 0 Å². The minimum atomic E-state index is 0.527. The normalized spacial score (nSPS) is 20.7. The zero-order valence-corrected chi connectivity index (χ0v) is 14.0. The maximum atomic E-state index is 5.46. The Hall–Kier alpha value is -1.48. The summed E-state index contributed by atoms with van der Waals surface area (Å²) in [4.78, 5) is 0. The summed E-state index contributed by atoms with van der Waals surface area (Å²) in [6.45, 7) is 2.08. The van der Waals surface area contributed by atoms with E-state index >= 15 is 0 Å². The molecule has 2 aromatic rings. The topological polar surface area (TPSA) is 21.3 Å². The molecule has 1 aliphatic rings. The summed E-state index contributed by atoms with van der Waals surface area (Å²) in [6.07, 6.45) is 2.33. The summed E-state index contributed by atoms with van der Waals surface area (Å²) in [6, 6.07) is 15.4. The molecular formula is C18H20BrNO. The van der Waals surface area contributed by atoms with Crippen molar-refractivity contribution >= 4 is 21.6 Å². The molecule has 0 saturated heterocycles. The summed E-state index contributed by atoms with van der Waals surface area (Å²) in [7, 11) is 1.73. The monoisotopic (exact) mass is 345 g/mol. The highest BCUT2D eigenvalue weighted by atomic mass is 79.9. The van der Waals surface area contributed by atoms with E-state index in [1.807, 2.05) is 0 Å². The lowest BCUT2D eigenvalue weighted by molar-refractivity contribution is 0.369. The van der Waals surface area contributed by atoms with Gasteiger partial charge in [0.15, 0.2) is 0 Å².